The van der Waals surface area contributed by atoms with Crippen molar-refractivity contribution in [2.24, 2.45) is 5.92 Å². The second-order valence-electron chi connectivity index (χ2n) is 6.10. The van der Waals surface area contributed by atoms with Crippen LogP contribution in [0.5, 0.6) is 0 Å². The standard InChI is InChI=1S/C18H18O2S/c19-21(20)10-9-12-11-17-13-5-1-3-7-15(13)18(12)16-8-4-2-6-14(16)17/h1-8,12,17-18H,9-11H2,(H,19,20). The SMILES string of the molecule is O=S(O)CCC1CC2c3ccccc3C1c1ccccc12. The Morgan fingerprint density at radius 2 is 1.48 bits per heavy atom. The number of fused-ring (bicyclic) bond motifs is 1. The second-order valence-corrected chi connectivity index (χ2v) is 7.15. The molecule has 0 saturated carbocycles. The minimum atomic E-state index is -1.68. The van der Waals surface area contributed by atoms with E-state index in [9.17, 15) is 4.21 Å². The van der Waals surface area contributed by atoms with E-state index < -0.39 is 11.1 Å². The topological polar surface area (TPSA) is 37.3 Å². The predicted octanol–water partition coefficient (Wildman–Crippen LogP) is 3.90. The molecule has 0 aliphatic heterocycles. The maximum absolute atomic E-state index is 11.1. The van der Waals surface area contributed by atoms with Crippen molar-refractivity contribution in [3.8, 4) is 0 Å². The summed E-state index contributed by atoms with van der Waals surface area (Å²) in [5.74, 6) is 1.72. The van der Waals surface area contributed by atoms with Gasteiger partial charge in [-0.3, -0.25) is 0 Å². The number of hydrogen-bond donors (Lipinski definition) is 1. The van der Waals surface area contributed by atoms with Crippen molar-refractivity contribution < 1.29 is 8.76 Å². The molecule has 0 heterocycles. The number of hydrogen-bond acceptors (Lipinski definition) is 1. The van der Waals surface area contributed by atoms with Crippen LogP contribution in [-0.4, -0.2) is 14.5 Å². The van der Waals surface area contributed by atoms with E-state index >= 15 is 0 Å². The first kappa shape index (κ1) is 13.2. The van der Waals surface area contributed by atoms with Crippen molar-refractivity contribution in [1.29, 1.82) is 0 Å². The monoisotopic (exact) mass is 298 g/mol. The zero-order valence-corrected chi connectivity index (χ0v) is 12.6. The van der Waals surface area contributed by atoms with Crippen molar-refractivity contribution in [3.05, 3.63) is 70.8 Å². The van der Waals surface area contributed by atoms with E-state index in [4.69, 9.17) is 4.55 Å². The Hall–Kier alpha value is -1.45. The lowest BCUT2D eigenvalue weighted by Crippen LogP contribution is -2.32. The summed E-state index contributed by atoms with van der Waals surface area (Å²) in [6.07, 6.45) is 1.93. The Morgan fingerprint density at radius 3 is 2.00 bits per heavy atom. The van der Waals surface area contributed by atoms with Crippen LogP contribution in [0.2, 0.25) is 0 Å². The van der Waals surface area contributed by atoms with Gasteiger partial charge in [-0.25, -0.2) is 4.21 Å². The van der Waals surface area contributed by atoms with Gasteiger partial charge in [0.25, 0.3) is 0 Å². The average molecular weight is 298 g/mol. The number of benzene rings is 2. The molecule has 2 unspecified atom stereocenters. The summed E-state index contributed by atoms with van der Waals surface area (Å²) in [5, 5.41) is 0. The van der Waals surface area contributed by atoms with Crippen molar-refractivity contribution in [2.75, 3.05) is 5.75 Å². The molecular formula is C18H18O2S. The van der Waals surface area contributed by atoms with Crippen LogP contribution in [0.25, 0.3) is 0 Å². The van der Waals surface area contributed by atoms with Crippen LogP contribution in [-0.2, 0) is 11.1 Å². The van der Waals surface area contributed by atoms with E-state index in [1.807, 2.05) is 0 Å². The molecule has 0 aromatic heterocycles. The summed E-state index contributed by atoms with van der Waals surface area (Å²) in [4.78, 5) is 0. The molecule has 2 nitrogen and oxygen atoms in total. The first-order valence-corrected chi connectivity index (χ1v) is 8.78. The Bertz CT molecular complexity index is 662. The summed E-state index contributed by atoms with van der Waals surface area (Å²) < 4.78 is 20.2. The molecule has 0 spiro atoms. The van der Waals surface area contributed by atoms with Gasteiger partial charge in [0, 0.05) is 17.6 Å². The van der Waals surface area contributed by atoms with Gasteiger partial charge in [0.2, 0.25) is 0 Å². The molecule has 2 aromatic carbocycles. The number of rotatable bonds is 3. The maximum Gasteiger partial charge on any atom is 0.152 e. The van der Waals surface area contributed by atoms with Crippen LogP contribution in [0.15, 0.2) is 48.5 Å². The van der Waals surface area contributed by atoms with Crippen LogP contribution in [0.3, 0.4) is 0 Å². The van der Waals surface area contributed by atoms with Crippen molar-refractivity contribution in [1.82, 2.24) is 0 Å². The van der Waals surface area contributed by atoms with E-state index in [1.165, 1.54) is 22.3 Å². The molecule has 1 N–H and O–H groups in total. The molecule has 2 bridgehead atoms. The van der Waals surface area contributed by atoms with Gasteiger partial charge in [0.15, 0.2) is 11.1 Å². The van der Waals surface area contributed by atoms with E-state index in [1.54, 1.807) is 0 Å². The highest BCUT2D eigenvalue weighted by molar-refractivity contribution is 7.79. The Kier molecular flexibility index (Phi) is 3.20. The molecule has 3 heteroatoms. The molecule has 21 heavy (non-hydrogen) atoms. The lowest BCUT2D eigenvalue weighted by atomic mass is 9.58. The van der Waals surface area contributed by atoms with E-state index in [0.717, 1.165) is 12.8 Å². The Balaban J connectivity index is 1.81. The van der Waals surface area contributed by atoms with Crippen LogP contribution in [0.4, 0.5) is 0 Å². The molecule has 2 atom stereocenters. The molecule has 3 aliphatic rings. The quantitative estimate of drug-likeness (QED) is 0.873. The smallest absolute Gasteiger partial charge is 0.152 e. The van der Waals surface area contributed by atoms with Gasteiger partial charge in [-0.15, -0.1) is 0 Å². The van der Waals surface area contributed by atoms with Gasteiger partial charge in [0.1, 0.15) is 0 Å². The molecule has 0 fully saturated rings. The van der Waals surface area contributed by atoms with E-state index in [0.29, 0.717) is 23.5 Å². The fourth-order valence-electron chi connectivity index (χ4n) is 4.30. The summed E-state index contributed by atoms with van der Waals surface area (Å²) in [6.45, 7) is 0. The molecular weight excluding hydrogens is 280 g/mol. The van der Waals surface area contributed by atoms with Crippen molar-refractivity contribution >= 4 is 11.1 Å². The van der Waals surface area contributed by atoms with Gasteiger partial charge in [-0.1, -0.05) is 48.5 Å². The molecule has 0 radical (unpaired) electrons. The third-order valence-corrected chi connectivity index (χ3v) is 5.67. The van der Waals surface area contributed by atoms with Gasteiger partial charge < -0.3 is 4.55 Å². The van der Waals surface area contributed by atoms with Gasteiger partial charge in [0.05, 0.1) is 0 Å². The predicted molar refractivity (Wildman–Crippen MR) is 84.9 cm³/mol. The normalized spacial score (nSPS) is 27.0. The molecule has 3 aliphatic carbocycles. The molecule has 0 saturated heterocycles. The van der Waals surface area contributed by atoms with Gasteiger partial charge in [-0.05, 0) is 41.0 Å². The summed E-state index contributed by atoms with van der Waals surface area (Å²) in [6, 6.07) is 17.5. The zero-order chi connectivity index (χ0) is 14.4. The third kappa shape index (κ3) is 2.07. The van der Waals surface area contributed by atoms with Crippen molar-refractivity contribution in [3.63, 3.8) is 0 Å². The van der Waals surface area contributed by atoms with Gasteiger partial charge >= 0.3 is 0 Å². The minimum absolute atomic E-state index is 0.387. The van der Waals surface area contributed by atoms with E-state index in [-0.39, 0.29) is 0 Å². The molecule has 0 amide bonds. The van der Waals surface area contributed by atoms with Crippen LogP contribution < -0.4 is 0 Å². The third-order valence-electron chi connectivity index (χ3n) is 5.09. The van der Waals surface area contributed by atoms with Crippen LogP contribution in [0.1, 0.15) is 46.9 Å². The van der Waals surface area contributed by atoms with Crippen molar-refractivity contribution in [2.45, 2.75) is 24.7 Å². The highest BCUT2D eigenvalue weighted by Gasteiger charge is 2.42. The second kappa shape index (κ2) is 5.08. The average Bonchev–Trinajstić information content (AvgIpc) is 2.53. The largest absolute Gasteiger partial charge is 0.306 e. The van der Waals surface area contributed by atoms with E-state index in [2.05, 4.69) is 48.5 Å². The molecule has 5 rings (SSSR count). The Morgan fingerprint density at radius 1 is 0.952 bits per heavy atom. The zero-order valence-electron chi connectivity index (χ0n) is 11.7. The summed E-state index contributed by atoms with van der Waals surface area (Å²) >= 11 is -1.68. The fourth-order valence-corrected chi connectivity index (χ4v) is 4.80. The highest BCUT2D eigenvalue weighted by atomic mass is 32.2. The lowest BCUT2D eigenvalue weighted by molar-refractivity contribution is 0.346. The summed E-state index contributed by atoms with van der Waals surface area (Å²) in [5.41, 5.74) is 5.78. The first-order valence-electron chi connectivity index (χ1n) is 7.51. The molecule has 108 valence electrons. The lowest BCUT2D eigenvalue weighted by Gasteiger charge is -2.45. The highest BCUT2D eigenvalue weighted by Crippen LogP contribution is 2.56. The van der Waals surface area contributed by atoms with Gasteiger partial charge in [-0.2, -0.15) is 0 Å². The summed E-state index contributed by atoms with van der Waals surface area (Å²) in [7, 11) is 0. The first-order chi connectivity index (χ1) is 10.3. The fraction of sp³-hybridized carbons (Fsp3) is 0.333. The Labute approximate surface area is 127 Å². The maximum atomic E-state index is 11.1. The minimum Gasteiger partial charge on any atom is -0.306 e. The van der Waals surface area contributed by atoms with Crippen LogP contribution in [0, 0.1) is 5.92 Å². The van der Waals surface area contributed by atoms with Crippen LogP contribution >= 0.6 is 0 Å². The molecule has 2 aromatic rings.